The summed E-state index contributed by atoms with van der Waals surface area (Å²) in [5, 5.41) is 0.291. The van der Waals surface area contributed by atoms with Crippen molar-refractivity contribution in [1.82, 2.24) is 24.4 Å². The number of halogens is 2. The second kappa shape index (κ2) is 11.8. The number of aromatic nitrogens is 4. The Labute approximate surface area is 253 Å². The highest BCUT2D eigenvalue weighted by molar-refractivity contribution is 5.91. The van der Waals surface area contributed by atoms with Crippen LogP contribution in [0.3, 0.4) is 0 Å². The Balaban J connectivity index is 1.68. The minimum Gasteiger partial charge on any atom is -0.493 e. The molecule has 44 heavy (non-hydrogen) atoms. The Morgan fingerprint density at radius 2 is 1.95 bits per heavy atom. The Bertz CT molecular complexity index is 1840. The molecule has 0 unspecified atom stereocenters. The van der Waals surface area contributed by atoms with Gasteiger partial charge in [0, 0.05) is 31.9 Å². The van der Waals surface area contributed by atoms with E-state index in [1.807, 2.05) is 31.7 Å². The molecule has 0 spiro atoms. The van der Waals surface area contributed by atoms with Crippen LogP contribution < -0.4 is 15.3 Å². The molecule has 9 nitrogen and oxygen atoms in total. The molecule has 2 aliphatic heterocycles. The van der Waals surface area contributed by atoms with Gasteiger partial charge in [0.15, 0.2) is 11.5 Å². The van der Waals surface area contributed by atoms with E-state index in [1.165, 1.54) is 28.8 Å². The molecule has 5 heterocycles. The molecule has 2 bridgehead atoms. The molecule has 0 N–H and O–H groups in total. The van der Waals surface area contributed by atoms with Gasteiger partial charge in [-0.05, 0) is 68.0 Å². The molecule has 0 aliphatic carbocycles. The Hall–Kier alpha value is -4.67. The number of carbonyl (C=O) groups excluding carboxylic acids is 1. The van der Waals surface area contributed by atoms with Crippen LogP contribution in [0.4, 0.5) is 14.6 Å². The fraction of sp³-hybridized carbons (Fsp3) is 0.364. The van der Waals surface area contributed by atoms with E-state index in [0.29, 0.717) is 55.9 Å². The van der Waals surface area contributed by atoms with Crippen molar-refractivity contribution in [2.24, 2.45) is 0 Å². The summed E-state index contributed by atoms with van der Waals surface area (Å²) in [7, 11) is 0. The topological polar surface area (TPSA) is 93.5 Å². The molecule has 0 saturated carbocycles. The maximum Gasteiger partial charge on any atom is 0.355 e. The number of rotatable bonds is 3. The van der Waals surface area contributed by atoms with Crippen LogP contribution in [-0.4, -0.2) is 62.6 Å². The zero-order chi connectivity index (χ0) is 31.1. The molecule has 2 aliphatic rings. The normalized spacial score (nSPS) is 16.9. The summed E-state index contributed by atoms with van der Waals surface area (Å²) in [5.41, 5.74) is 1.27. The van der Waals surface area contributed by atoms with E-state index in [1.54, 1.807) is 17.2 Å². The molecule has 1 aromatic carbocycles. The Morgan fingerprint density at radius 1 is 1.14 bits per heavy atom. The molecule has 3 aromatic heterocycles. The number of aryl methyl sites for hydroxylation is 1. The third-order valence-electron chi connectivity index (χ3n) is 8.30. The van der Waals surface area contributed by atoms with Crippen molar-refractivity contribution in [2.45, 2.75) is 52.0 Å². The fourth-order valence-corrected chi connectivity index (χ4v) is 6.15. The molecule has 11 heteroatoms. The molecular formula is C33H34F2N6O3. The maximum absolute atomic E-state index is 16.2. The van der Waals surface area contributed by atoms with Gasteiger partial charge in [0.2, 0.25) is 5.91 Å². The predicted molar refractivity (Wildman–Crippen MR) is 164 cm³/mol. The first-order valence-corrected chi connectivity index (χ1v) is 14.9. The van der Waals surface area contributed by atoms with Gasteiger partial charge >= 0.3 is 5.69 Å². The average Bonchev–Trinajstić information content (AvgIpc) is 3.01. The van der Waals surface area contributed by atoms with Gasteiger partial charge in [-0.15, -0.1) is 0 Å². The smallest absolute Gasteiger partial charge is 0.355 e. The highest BCUT2D eigenvalue weighted by Crippen LogP contribution is 2.38. The lowest BCUT2D eigenvalue weighted by Gasteiger charge is -2.40. The maximum atomic E-state index is 16.2. The quantitative estimate of drug-likeness (QED) is 0.299. The van der Waals surface area contributed by atoms with Gasteiger partial charge in [-0.1, -0.05) is 26.5 Å². The van der Waals surface area contributed by atoms with E-state index in [2.05, 4.69) is 16.5 Å². The Kier molecular flexibility index (Phi) is 7.87. The molecule has 228 valence electrons. The molecular weight excluding hydrogens is 566 g/mol. The molecule has 1 atom stereocenters. The van der Waals surface area contributed by atoms with Gasteiger partial charge in [-0.25, -0.2) is 23.1 Å². The summed E-state index contributed by atoms with van der Waals surface area (Å²) in [6.07, 6.45) is 5.01. The van der Waals surface area contributed by atoms with Crippen molar-refractivity contribution < 1.29 is 18.3 Å². The summed E-state index contributed by atoms with van der Waals surface area (Å²) in [5.74, 6) is -1.28. The Morgan fingerprint density at radius 3 is 2.70 bits per heavy atom. The highest BCUT2D eigenvalue weighted by Gasteiger charge is 2.31. The van der Waals surface area contributed by atoms with Crippen molar-refractivity contribution in [3.8, 4) is 22.7 Å². The third-order valence-corrected chi connectivity index (χ3v) is 8.30. The summed E-state index contributed by atoms with van der Waals surface area (Å²) in [4.78, 5) is 44.0. The monoisotopic (exact) mass is 600 g/mol. The molecule has 4 aromatic rings. The number of nitrogens with zero attached hydrogens (tertiary/aromatic N) is 6. The molecule has 0 radical (unpaired) electrons. The van der Waals surface area contributed by atoms with E-state index in [4.69, 9.17) is 9.72 Å². The van der Waals surface area contributed by atoms with Gasteiger partial charge in [-0.2, -0.15) is 4.98 Å². The van der Waals surface area contributed by atoms with E-state index in [-0.39, 0.29) is 46.3 Å². The fourth-order valence-electron chi connectivity index (χ4n) is 6.15. The lowest BCUT2D eigenvalue weighted by atomic mass is 10.00. The summed E-state index contributed by atoms with van der Waals surface area (Å²) >= 11 is 0. The first kappa shape index (κ1) is 29.4. The number of fused-ring (bicyclic) bond motifs is 5. The largest absolute Gasteiger partial charge is 0.493 e. The van der Waals surface area contributed by atoms with Gasteiger partial charge in [0.1, 0.15) is 23.1 Å². The van der Waals surface area contributed by atoms with Crippen LogP contribution in [-0.2, 0) is 11.2 Å². The summed E-state index contributed by atoms with van der Waals surface area (Å²) < 4.78 is 39.0. The number of benzene rings is 1. The van der Waals surface area contributed by atoms with Gasteiger partial charge in [0.25, 0.3) is 0 Å². The minimum atomic E-state index is -0.779. The van der Waals surface area contributed by atoms with Gasteiger partial charge < -0.3 is 14.5 Å². The number of carbonyl (C=O) groups is 1. The number of piperazine rings is 1. The van der Waals surface area contributed by atoms with Crippen molar-refractivity contribution in [2.75, 3.05) is 31.1 Å². The van der Waals surface area contributed by atoms with Crippen molar-refractivity contribution in [3.05, 3.63) is 82.6 Å². The van der Waals surface area contributed by atoms with Crippen LogP contribution in [0.25, 0.3) is 28.0 Å². The van der Waals surface area contributed by atoms with E-state index >= 15 is 8.78 Å². The first-order chi connectivity index (χ1) is 21.2. The first-order valence-electron chi connectivity index (χ1n) is 14.9. The number of pyridine rings is 2. The van der Waals surface area contributed by atoms with Crippen molar-refractivity contribution >= 4 is 22.8 Å². The average molecular weight is 601 g/mol. The van der Waals surface area contributed by atoms with Crippen molar-refractivity contribution in [3.63, 3.8) is 0 Å². The number of hydrogen-bond acceptors (Lipinski definition) is 7. The molecule has 1 fully saturated rings. The van der Waals surface area contributed by atoms with Crippen LogP contribution in [0, 0.1) is 11.6 Å². The van der Waals surface area contributed by atoms with Crippen LogP contribution >= 0.6 is 0 Å². The van der Waals surface area contributed by atoms with Crippen LogP contribution in [0.1, 0.15) is 50.8 Å². The molecule has 6 rings (SSSR count). The van der Waals surface area contributed by atoms with E-state index in [9.17, 15) is 9.59 Å². The van der Waals surface area contributed by atoms with Gasteiger partial charge in [-0.3, -0.25) is 9.78 Å². The summed E-state index contributed by atoms with van der Waals surface area (Å²) in [6, 6.07) is 7.24. The number of hydrogen-bond donors (Lipinski definition) is 0. The number of anilines is 1. The lowest BCUT2D eigenvalue weighted by molar-refractivity contribution is -0.126. The third kappa shape index (κ3) is 5.10. The zero-order valence-corrected chi connectivity index (χ0v) is 25.0. The van der Waals surface area contributed by atoms with Crippen LogP contribution in [0.2, 0.25) is 0 Å². The molecule has 1 saturated heterocycles. The van der Waals surface area contributed by atoms with Crippen molar-refractivity contribution in [1.29, 1.82) is 0 Å². The zero-order valence-electron chi connectivity index (χ0n) is 25.0. The predicted octanol–water partition coefficient (Wildman–Crippen LogP) is 5.18. The van der Waals surface area contributed by atoms with E-state index < -0.39 is 17.3 Å². The van der Waals surface area contributed by atoms with Gasteiger partial charge in [0.05, 0.1) is 28.9 Å². The second-order valence-electron chi connectivity index (χ2n) is 11.6. The summed E-state index contributed by atoms with van der Waals surface area (Å²) in [6.45, 7) is 10.9. The number of amides is 1. The van der Waals surface area contributed by atoms with Crippen LogP contribution in [0.15, 0.2) is 54.0 Å². The minimum absolute atomic E-state index is 0.0563. The molecule has 1 amide bonds. The standard InChI is InChI=1S/C33H34F2N6O3/c1-5-26(42)39-14-15-40(20(4)18-39)31-22-17-24(35)29-27-23(34)10-8-11-25(27)44-16-7-6-9-21-12-13-36-28(19(2)3)30(21)41(32(22)37-29)33(43)38-31/h5,8,10-13,17,19-20H,1,6-7,9,14-16,18H2,2-4H3/t20-/m0/s1. The lowest BCUT2D eigenvalue weighted by Crippen LogP contribution is -2.54. The number of ether oxygens (including phenoxy) is 1. The second-order valence-corrected chi connectivity index (χ2v) is 11.6. The van der Waals surface area contributed by atoms with Crippen LogP contribution in [0.5, 0.6) is 5.75 Å². The SMILES string of the molecule is C=CC(=O)N1CCN(c2nc(=O)n3c4nc(c(F)cc24)-c2c(F)cccc2OCCCCc2ccnc(C(C)C)c2-3)[C@@H](C)C1. The highest BCUT2D eigenvalue weighted by atomic mass is 19.1. The van der Waals surface area contributed by atoms with E-state index in [0.717, 1.165) is 12.0 Å².